The van der Waals surface area contributed by atoms with Gasteiger partial charge in [-0.3, -0.25) is 0 Å². The van der Waals surface area contributed by atoms with Crippen molar-refractivity contribution in [1.82, 2.24) is 10.3 Å². The van der Waals surface area contributed by atoms with E-state index in [4.69, 9.17) is 5.73 Å². The van der Waals surface area contributed by atoms with E-state index < -0.39 is 0 Å². The Balaban J connectivity index is 1.84. The summed E-state index contributed by atoms with van der Waals surface area (Å²) in [6.07, 6.45) is 5.03. The molecule has 1 aliphatic carbocycles. The van der Waals surface area contributed by atoms with Crippen LogP contribution < -0.4 is 11.1 Å². The van der Waals surface area contributed by atoms with Gasteiger partial charge in [0.1, 0.15) is 5.01 Å². The lowest BCUT2D eigenvalue weighted by molar-refractivity contribution is 0.625. The number of nitrogens with two attached hydrogens (primary N) is 1. The van der Waals surface area contributed by atoms with E-state index in [-0.39, 0.29) is 0 Å². The molecule has 0 aromatic carbocycles. The van der Waals surface area contributed by atoms with Crippen molar-refractivity contribution in [2.45, 2.75) is 58.0 Å². The minimum Gasteiger partial charge on any atom is -0.370 e. The third-order valence-corrected chi connectivity index (χ3v) is 4.10. The summed E-state index contributed by atoms with van der Waals surface area (Å²) in [6, 6.07) is 0.524. The van der Waals surface area contributed by atoms with Gasteiger partial charge in [-0.15, -0.1) is 11.3 Å². The van der Waals surface area contributed by atoms with Gasteiger partial charge in [0.05, 0.1) is 12.2 Å². The number of thiazole rings is 1. The van der Waals surface area contributed by atoms with Gasteiger partial charge in [-0.25, -0.2) is 9.98 Å². The monoisotopic (exact) mass is 266 g/mol. The average Bonchev–Trinajstić information content (AvgIpc) is 2.96. The molecular formula is C13H22N4S. The van der Waals surface area contributed by atoms with E-state index >= 15 is 0 Å². The molecule has 1 saturated carbocycles. The zero-order chi connectivity index (χ0) is 13.0. The predicted octanol–water partition coefficient (Wildman–Crippen LogP) is 2.61. The molecule has 0 spiro atoms. The number of aliphatic imine (C=N–C) groups is 1. The zero-order valence-electron chi connectivity index (χ0n) is 11.1. The Morgan fingerprint density at radius 3 is 2.89 bits per heavy atom. The smallest absolute Gasteiger partial charge is 0.189 e. The first kappa shape index (κ1) is 13.3. The second kappa shape index (κ2) is 6.18. The maximum atomic E-state index is 5.88. The minimum absolute atomic E-state index is 0.480. The van der Waals surface area contributed by atoms with Gasteiger partial charge in [-0.05, 0) is 18.8 Å². The molecule has 1 fully saturated rings. The molecule has 0 saturated heterocycles. The Kier molecular flexibility index (Phi) is 4.58. The van der Waals surface area contributed by atoms with Crippen LogP contribution in [0.2, 0.25) is 0 Å². The first-order valence-electron chi connectivity index (χ1n) is 6.66. The molecule has 100 valence electrons. The molecule has 18 heavy (non-hydrogen) atoms. The highest BCUT2D eigenvalue weighted by molar-refractivity contribution is 7.09. The van der Waals surface area contributed by atoms with Crippen LogP contribution in [0.15, 0.2) is 10.4 Å². The molecule has 0 bridgehead atoms. The molecule has 1 aliphatic rings. The van der Waals surface area contributed by atoms with Crippen molar-refractivity contribution >= 4 is 17.3 Å². The first-order chi connectivity index (χ1) is 8.65. The summed E-state index contributed by atoms with van der Waals surface area (Å²) in [5.41, 5.74) is 7.03. The summed E-state index contributed by atoms with van der Waals surface area (Å²) in [7, 11) is 0. The summed E-state index contributed by atoms with van der Waals surface area (Å²) in [5.74, 6) is 1.04. The van der Waals surface area contributed by atoms with Gasteiger partial charge in [-0.2, -0.15) is 0 Å². The number of nitrogens with zero attached hydrogens (tertiary/aromatic N) is 2. The fourth-order valence-electron chi connectivity index (χ4n) is 2.14. The molecule has 0 atom stereocenters. The van der Waals surface area contributed by atoms with E-state index in [0.717, 1.165) is 10.7 Å². The number of hydrogen-bond acceptors (Lipinski definition) is 3. The number of rotatable bonds is 4. The summed E-state index contributed by atoms with van der Waals surface area (Å²) < 4.78 is 0. The lowest BCUT2D eigenvalue weighted by atomic mass is 10.2. The van der Waals surface area contributed by atoms with Crippen molar-refractivity contribution in [3.63, 3.8) is 0 Å². The van der Waals surface area contributed by atoms with Crippen molar-refractivity contribution in [3.8, 4) is 0 Å². The minimum atomic E-state index is 0.480. The van der Waals surface area contributed by atoms with E-state index in [1.807, 2.05) is 0 Å². The van der Waals surface area contributed by atoms with Crippen molar-refractivity contribution in [3.05, 3.63) is 16.1 Å². The molecule has 1 heterocycles. The molecular weight excluding hydrogens is 244 g/mol. The summed E-state index contributed by atoms with van der Waals surface area (Å²) >= 11 is 1.66. The summed E-state index contributed by atoms with van der Waals surface area (Å²) in [6.45, 7) is 4.89. The van der Waals surface area contributed by atoms with Gasteiger partial charge in [0, 0.05) is 11.4 Å². The molecule has 4 nitrogen and oxygen atoms in total. The molecule has 0 amide bonds. The van der Waals surface area contributed by atoms with Crippen LogP contribution >= 0.6 is 11.3 Å². The Labute approximate surface area is 113 Å². The summed E-state index contributed by atoms with van der Waals surface area (Å²) in [5, 5.41) is 6.43. The molecule has 1 aromatic rings. The maximum absolute atomic E-state index is 5.88. The van der Waals surface area contributed by atoms with Crippen molar-refractivity contribution in [2.24, 2.45) is 10.7 Å². The first-order valence-corrected chi connectivity index (χ1v) is 7.54. The lowest BCUT2D eigenvalue weighted by Gasteiger charge is -2.11. The topological polar surface area (TPSA) is 63.3 Å². The van der Waals surface area contributed by atoms with Crippen molar-refractivity contribution in [1.29, 1.82) is 0 Å². The molecule has 2 rings (SSSR count). The van der Waals surface area contributed by atoms with E-state index in [9.17, 15) is 0 Å². The van der Waals surface area contributed by atoms with Crippen LogP contribution in [0, 0.1) is 0 Å². The van der Waals surface area contributed by atoms with E-state index in [1.165, 1.54) is 25.7 Å². The van der Waals surface area contributed by atoms with Crippen LogP contribution in [-0.4, -0.2) is 17.0 Å². The van der Waals surface area contributed by atoms with Crippen LogP contribution in [0.3, 0.4) is 0 Å². The Bertz CT molecular complexity index is 405. The molecule has 3 N–H and O–H groups in total. The zero-order valence-corrected chi connectivity index (χ0v) is 12.0. The quantitative estimate of drug-likeness (QED) is 0.650. The number of nitrogens with one attached hydrogen (secondary N) is 1. The molecule has 1 aromatic heterocycles. The van der Waals surface area contributed by atoms with Gasteiger partial charge >= 0.3 is 0 Å². The van der Waals surface area contributed by atoms with Gasteiger partial charge in [0.15, 0.2) is 5.96 Å². The van der Waals surface area contributed by atoms with Crippen LogP contribution in [0.5, 0.6) is 0 Å². The highest BCUT2D eigenvalue weighted by atomic mass is 32.1. The number of hydrogen-bond donors (Lipinski definition) is 2. The van der Waals surface area contributed by atoms with Gasteiger partial charge in [0.25, 0.3) is 0 Å². The van der Waals surface area contributed by atoms with Crippen LogP contribution in [0.1, 0.15) is 56.2 Å². The molecule has 0 unspecified atom stereocenters. The maximum Gasteiger partial charge on any atom is 0.189 e. The standard InChI is InChI=1S/C13H22N4S/c1-9(2)11-8-18-12(17-11)7-15-13(14)16-10-5-3-4-6-10/h8-10H,3-7H2,1-2H3,(H3,14,15,16). The lowest BCUT2D eigenvalue weighted by Crippen LogP contribution is -2.38. The van der Waals surface area contributed by atoms with Gasteiger partial charge in [-0.1, -0.05) is 26.7 Å². The van der Waals surface area contributed by atoms with Crippen LogP contribution in [-0.2, 0) is 6.54 Å². The second-order valence-electron chi connectivity index (χ2n) is 5.15. The highest BCUT2D eigenvalue weighted by Gasteiger charge is 2.14. The van der Waals surface area contributed by atoms with E-state index in [2.05, 4.69) is 34.5 Å². The van der Waals surface area contributed by atoms with Crippen molar-refractivity contribution in [2.75, 3.05) is 0 Å². The number of guanidine groups is 1. The SMILES string of the molecule is CC(C)c1csc(CN=C(N)NC2CCCC2)n1. The van der Waals surface area contributed by atoms with Crippen molar-refractivity contribution < 1.29 is 0 Å². The second-order valence-corrected chi connectivity index (χ2v) is 6.09. The van der Waals surface area contributed by atoms with E-state index in [1.54, 1.807) is 11.3 Å². The van der Waals surface area contributed by atoms with Gasteiger partial charge < -0.3 is 11.1 Å². The largest absolute Gasteiger partial charge is 0.370 e. The van der Waals surface area contributed by atoms with Crippen LogP contribution in [0.4, 0.5) is 0 Å². The normalized spacial score (nSPS) is 17.6. The fraction of sp³-hybridized carbons (Fsp3) is 0.692. The predicted molar refractivity (Wildman–Crippen MR) is 76.9 cm³/mol. The number of aromatic nitrogens is 1. The average molecular weight is 266 g/mol. The van der Waals surface area contributed by atoms with Crippen LogP contribution in [0.25, 0.3) is 0 Å². The highest BCUT2D eigenvalue weighted by Crippen LogP contribution is 2.19. The summed E-state index contributed by atoms with van der Waals surface area (Å²) in [4.78, 5) is 8.90. The Morgan fingerprint density at radius 2 is 2.28 bits per heavy atom. The Morgan fingerprint density at radius 1 is 1.56 bits per heavy atom. The molecule has 0 aliphatic heterocycles. The molecule has 5 heteroatoms. The van der Waals surface area contributed by atoms with E-state index in [0.29, 0.717) is 24.5 Å². The third-order valence-electron chi connectivity index (χ3n) is 3.25. The molecule has 0 radical (unpaired) electrons. The van der Waals surface area contributed by atoms with Gasteiger partial charge in [0.2, 0.25) is 0 Å². The third kappa shape index (κ3) is 3.70. The fourth-order valence-corrected chi connectivity index (χ4v) is 3.02. The Hall–Kier alpha value is -1.10.